The minimum Gasteiger partial charge on any atom is -0.465 e. The minimum atomic E-state index is -1.00. The normalized spacial score (nSPS) is 25.1. The first-order chi connectivity index (χ1) is 9.59. The van der Waals surface area contributed by atoms with Crippen molar-refractivity contribution in [2.45, 2.75) is 38.6 Å². The summed E-state index contributed by atoms with van der Waals surface area (Å²) in [7, 11) is 0. The van der Waals surface area contributed by atoms with E-state index in [1.54, 1.807) is 6.92 Å². The molecule has 6 heteroatoms. The molecule has 20 heavy (non-hydrogen) atoms. The van der Waals surface area contributed by atoms with Crippen molar-refractivity contribution in [1.29, 1.82) is 0 Å². The van der Waals surface area contributed by atoms with Crippen LogP contribution in [0.1, 0.15) is 32.6 Å². The molecule has 0 aromatic rings. The Balaban J connectivity index is 1.73. The summed E-state index contributed by atoms with van der Waals surface area (Å²) in [5, 5.41) is 9.01. The molecule has 2 aliphatic heterocycles. The van der Waals surface area contributed by atoms with Gasteiger partial charge in [0.25, 0.3) is 0 Å². The number of piperidine rings is 1. The van der Waals surface area contributed by atoms with Gasteiger partial charge in [0.15, 0.2) is 0 Å². The monoisotopic (exact) mass is 283 g/mol. The number of carbonyl (C=O) groups is 2. The molecule has 0 spiro atoms. The molecule has 0 bridgehead atoms. The predicted octanol–water partition coefficient (Wildman–Crippen LogP) is 1.07. The van der Waals surface area contributed by atoms with E-state index in [1.165, 1.54) is 37.3 Å². The van der Waals surface area contributed by atoms with Crippen LogP contribution < -0.4 is 0 Å². The number of rotatable bonds is 4. The van der Waals surface area contributed by atoms with E-state index in [4.69, 9.17) is 5.11 Å². The van der Waals surface area contributed by atoms with Gasteiger partial charge in [-0.1, -0.05) is 6.42 Å². The molecule has 0 saturated carbocycles. The third-order valence-electron chi connectivity index (χ3n) is 4.34. The van der Waals surface area contributed by atoms with Crippen molar-refractivity contribution < 1.29 is 14.7 Å². The molecule has 1 unspecified atom stereocenters. The summed E-state index contributed by atoms with van der Waals surface area (Å²) in [6, 6.07) is -0.545. The zero-order valence-electron chi connectivity index (χ0n) is 12.3. The summed E-state index contributed by atoms with van der Waals surface area (Å²) >= 11 is 0. The molecular formula is C14H25N3O3. The van der Waals surface area contributed by atoms with Crippen molar-refractivity contribution in [3.8, 4) is 0 Å². The van der Waals surface area contributed by atoms with E-state index in [-0.39, 0.29) is 5.91 Å². The predicted molar refractivity (Wildman–Crippen MR) is 75.7 cm³/mol. The molecule has 2 amide bonds. The average Bonchev–Trinajstić information content (AvgIpc) is 2.44. The summed E-state index contributed by atoms with van der Waals surface area (Å²) in [5.74, 6) is -0.0581. The Morgan fingerprint density at radius 2 is 1.85 bits per heavy atom. The van der Waals surface area contributed by atoms with Crippen molar-refractivity contribution in [2.75, 3.05) is 39.3 Å². The molecule has 1 atom stereocenters. The van der Waals surface area contributed by atoms with Crippen molar-refractivity contribution in [3.63, 3.8) is 0 Å². The van der Waals surface area contributed by atoms with E-state index < -0.39 is 12.1 Å². The second-order valence-corrected chi connectivity index (χ2v) is 5.73. The molecule has 2 heterocycles. The summed E-state index contributed by atoms with van der Waals surface area (Å²) in [4.78, 5) is 28.6. The number of amides is 2. The van der Waals surface area contributed by atoms with Gasteiger partial charge in [0.1, 0.15) is 6.04 Å². The van der Waals surface area contributed by atoms with Crippen LogP contribution in [0.25, 0.3) is 0 Å². The molecule has 2 aliphatic rings. The first-order valence-corrected chi connectivity index (χ1v) is 7.60. The Bertz CT molecular complexity index is 356. The lowest BCUT2D eigenvalue weighted by Crippen LogP contribution is -2.57. The molecule has 0 aromatic heterocycles. The van der Waals surface area contributed by atoms with E-state index in [2.05, 4.69) is 4.90 Å². The van der Waals surface area contributed by atoms with Crippen LogP contribution in [0.2, 0.25) is 0 Å². The highest BCUT2D eigenvalue weighted by atomic mass is 16.4. The Hall–Kier alpha value is -1.30. The zero-order chi connectivity index (χ0) is 14.5. The van der Waals surface area contributed by atoms with Gasteiger partial charge in [-0.3, -0.25) is 9.69 Å². The number of hydrogen-bond acceptors (Lipinski definition) is 3. The molecule has 2 fully saturated rings. The van der Waals surface area contributed by atoms with E-state index in [0.29, 0.717) is 13.1 Å². The molecule has 0 aromatic carbocycles. The number of piperazine rings is 1. The maximum atomic E-state index is 12.1. The molecular weight excluding hydrogens is 258 g/mol. The van der Waals surface area contributed by atoms with Gasteiger partial charge < -0.3 is 14.9 Å². The second-order valence-electron chi connectivity index (χ2n) is 5.73. The Morgan fingerprint density at radius 1 is 1.15 bits per heavy atom. The van der Waals surface area contributed by atoms with Gasteiger partial charge in [-0.2, -0.15) is 0 Å². The highest BCUT2D eigenvalue weighted by molar-refractivity contribution is 5.86. The Kier molecular flexibility index (Phi) is 5.23. The molecule has 1 N–H and O–H groups in total. The molecule has 0 aliphatic carbocycles. The molecule has 2 rings (SSSR count). The molecule has 114 valence electrons. The van der Waals surface area contributed by atoms with Crippen LogP contribution in [0.5, 0.6) is 0 Å². The third kappa shape index (κ3) is 3.62. The third-order valence-corrected chi connectivity index (χ3v) is 4.34. The summed E-state index contributed by atoms with van der Waals surface area (Å²) in [6.45, 7) is 6.76. The van der Waals surface area contributed by atoms with Crippen LogP contribution in [-0.2, 0) is 4.79 Å². The summed E-state index contributed by atoms with van der Waals surface area (Å²) < 4.78 is 0. The van der Waals surface area contributed by atoms with E-state index >= 15 is 0 Å². The van der Waals surface area contributed by atoms with Gasteiger partial charge >= 0.3 is 6.09 Å². The minimum absolute atomic E-state index is 0.0581. The van der Waals surface area contributed by atoms with E-state index in [0.717, 1.165) is 19.5 Å². The van der Waals surface area contributed by atoms with Crippen molar-refractivity contribution in [3.05, 3.63) is 0 Å². The lowest BCUT2D eigenvalue weighted by atomic mass is 10.1. The molecule has 2 saturated heterocycles. The van der Waals surface area contributed by atoms with Gasteiger partial charge in [-0.25, -0.2) is 4.79 Å². The highest BCUT2D eigenvalue weighted by Gasteiger charge is 2.33. The highest BCUT2D eigenvalue weighted by Crippen LogP contribution is 2.13. The largest absolute Gasteiger partial charge is 0.465 e. The van der Waals surface area contributed by atoms with Crippen LogP contribution in [0, 0.1) is 0 Å². The maximum Gasteiger partial charge on any atom is 0.408 e. The van der Waals surface area contributed by atoms with Crippen molar-refractivity contribution in [2.24, 2.45) is 0 Å². The summed E-state index contributed by atoms with van der Waals surface area (Å²) in [6.07, 6.45) is 3.88. The maximum absolute atomic E-state index is 12.1. The van der Waals surface area contributed by atoms with Crippen LogP contribution in [-0.4, -0.2) is 77.1 Å². The smallest absolute Gasteiger partial charge is 0.408 e. The molecule has 6 nitrogen and oxygen atoms in total. The number of carbonyl (C=O) groups excluding carboxylic acids is 1. The fourth-order valence-corrected chi connectivity index (χ4v) is 3.08. The first-order valence-electron chi connectivity index (χ1n) is 7.60. The standard InChI is InChI=1S/C14H25N3O3/c1-12-13(18)16(10-11-17(12)14(19)20)9-5-8-15-6-3-2-4-7-15/h12H,2-11H2,1H3,(H,19,20). The zero-order valence-corrected chi connectivity index (χ0v) is 12.3. The topological polar surface area (TPSA) is 64.1 Å². The Morgan fingerprint density at radius 3 is 2.50 bits per heavy atom. The summed E-state index contributed by atoms with van der Waals surface area (Å²) in [5.41, 5.74) is 0. The quantitative estimate of drug-likeness (QED) is 0.838. The molecule has 0 radical (unpaired) electrons. The van der Waals surface area contributed by atoms with Gasteiger partial charge in [0.05, 0.1) is 0 Å². The second kappa shape index (κ2) is 6.92. The number of carboxylic acid groups (broad SMARTS) is 1. The van der Waals surface area contributed by atoms with E-state index in [1.807, 2.05) is 4.90 Å². The lowest BCUT2D eigenvalue weighted by Gasteiger charge is -2.38. The van der Waals surface area contributed by atoms with Crippen molar-refractivity contribution in [1.82, 2.24) is 14.7 Å². The van der Waals surface area contributed by atoms with Crippen LogP contribution in [0.4, 0.5) is 4.79 Å². The van der Waals surface area contributed by atoms with Crippen molar-refractivity contribution >= 4 is 12.0 Å². The van der Waals surface area contributed by atoms with E-state index in [9.17, 15) is 9.59 Å². The number of likely N-dealkylation sites (tertiary alicyclic amines) is 1. The number of hydrogen-bond donors (Lipinski definition) is 1. The fourth-order valence-electron chi connectivity index (χ4n) is 3.08. The van der Waals surface area contributed by atoms with Crippen LogP contribution >= 0.6 is 0 Å². The lowest BCUT2D eigenvalue weighted by molar-refractivity contribution is -0.139. The van der Waals surface area contributed by atoms with Gasteiger partial charge in [0.2, 0.25) is 5.91 Å². The first kappa shape index (κ1) is 15.1. The fraction of sp³-hybridized carbons (Fsp3) is 0.857. The Labute approximate surface area is 120 Å². The van der Waals surface area contributed by atoms with Crippen LogP contribution in [0.15, 0.2) is 0 Å². The SMILES string of the molecule is CC1C(=O)N(CCCN2CCCCC2)CCN1C(=O)O. The number of nitrogens with zero attached hydrogens (tertiary/aromatic N) is 3. The average molecular weight is 283 g/mol. The van der Waals surface area contributed by atoms with Crippen LogP contribution in [0.3, 0.4) is 0 Å². The van der Waals surface area contributed by atoms with Gasteiger partial charge in [0, 0.05) is 19.6 Å². The van der Waals surface area contributed by atoms with Gasteiger partial charge in [-0.15, -0.1) is 0 Å². The van der Waals surface area contributed by atoms with Gasteiger partial charge in [-0.05, 0) is 45.8 Å².